The molecule has 1 aliphatic carbocycles. The maximum absolute atomic E-state index is 3.90. The molecule has 0 fully saturated rings. The van der Waals surface area contributed by atoms with Crippen LogP contribution < -0.4 is 0 Å². The third kappa shape index (κ3) is 1.73. The molecule has 0 aromatic carbocycles. The van der Waals surface area contributed by atoms with Crippen LogP contribution in [0.4, 0.5) is 0 Å². The zero-order chi connectivity index (χ0) is 9.97. The van der Waals surface area contributed by atoms with Crippen LogP contribution in [-0.2, 0) is 0 Å². The summed E-state index contributed by atoms with van der Waals surface area (Å²) in [5, 5.41) is 0. The Labute approximate surface area is 93.6 Å². The first-order valence-corrected chi connectivity index (χ1v) is 7.20. The van der Waals surface area contributed by atoms with Crippen molar-refractivity contribution in [2.75, 3.05) is 5.75 Å². The van der Waals surface area contributed by atoms with Crippen LogP contribution in [0.5, 0.6) is 0 Å². The minimum atomic E-state index is 1.15. The van der Waals surface area contributed by atoms with Crippen molar-refractivity contribution in [1.82, 2.24) is 0 Å². The highest BCUT2D eigenvalue weighted by molar-refractivity contribution is 8.78. The van der Waals surface area contributed by atoms with Crippen LogP contribution in [0, 0.1) is 0 Å². The van der Waals surface area contributed by atoms with Crippen molar-refractivity contribution in [2.45, 2.75) is 19.8 Å². The molecule has 2 rings (SSSR count). The lowest BCUT2D eigenvalue weighted by Crippen LogP contribution is -2.07. The van der Waals surface area contributed by atoms with E-state index in [0.29, 0.717) is 0 Å². The Bertz CT molecular complexity index is 345. The number of allylic oxidation sites excluding steroid dienone is 5. The van der Waals surface area contributed by atoms with E-state index in [9.17, 15) is 0 Å². The van der Waals surface area contributed by atoms with E-state index in [1.54, 1.807) is 0 Å². The predicted octanol–water partition coefficient (Wildman–Crippen LogP) is 4.49. The molecule has 2 heteroatoms. The van der Waals surface area contributed by atoms with Gasteiger partial charge < -0.3 is 0 Å². The Balaban J connectivity index is 2.52. The molecule has 2 aliphatic rings. The summed E-state index contributed by atoms with van der Waals surface area (Å²) in [6, 6.07) is 0. The second-order valence-corrected chi connectivity index (χ2v) is 5.71. The highest BCUT2D eigenvalue weighted by atomic mass is 33.1. The van der Waals surface area contributed by atoms with E-state index in [-0.39, 0.29) is 0 Å². The Hall–Kier alpha value is -0.340. The Morgan fingerprint density at radius 1 is 1.50 bits per heavy atom. The van der Waals surface area contributed by atoms with Gasteiger partial charge in [0, 0.05) is 10.7 Å². The quantitative estimate of drug-likeness (QED) is 0.600. The third-order valence-corrected chi connectivity index (χ3v) is 4.93. The van der Waals surface area contributed by atoms with Gasteiger partial charge in [0.1, 0.15) is 0 Å². The normalized spacial score (nSPS) is 24.6. The van der Waals surface area contributed by atoms with Crippen LogP contribution in [0.1, 0.15) is 19.8 Å². The van der Waals surface area contributed by atoms with Crippen LogP contribution >= 0.6 is 21.6 Å². The molecule has 0 nitrogen and oxygen atoms in total. The third-order valence-electron chi connectivity index (χ3n) is 2.59. The largest absolute Gasteiger partial charge is 0.0979 e. The monoisotopic (exact) mass is 222 g/mol. The number of fused-ring (bicyclic) bond motifs is 1. The molecule has 0 spiro atoms. The van der Waals surface area contributed by atoms with Crippen LogP contribution in [0.15, 0.2) is 46.4 Å². The van der Waals surface area contributed by atoms with E-state index in [2.05, 4.69) is 25.7 Å². The fourth-order valence-electron chi connectivity index (χ4n) is 1.91. The Kier molecular flexibility index (Phi) is 3.24. The molecule has 0 N–H and O–H groups in total. The lowest BCUT2D eigenvalue weighted by atomic mass is 9.89. The van der Waals surface area contributed by atoms with Crippen molar-refractivity contribution >= 4 is 21.6 Å². The van der Waals surface area contributed by atoms with Crippen LogP contribution in [0.3, 0.4) is 0 Å². The fraction of sp³-hybridized carbons (Fsp3) is 0.333. The summed E-state index contributed by atoms with van der Waals surface area (Å²) in [5.41, 5.74) is 4.49. The second-order valence-electron chi connectivity index (χ2n) is 3.37. The van der Waals surface area contributed by atoms with Gasteiger partial charge in [-0.2, -0.15) is 0 Å². The minimum absolute atomic E-state index is 1.15. The smallest absolute Gasteiger partial charge is 0.0295 e. The van der Waals surface area contributed by atoms with E-state index in [1.807, 2.05) is 27.7 Å². The second kappa shape index (κ2) is 4.45. The van der Waals surface area contributed by atoms with Gasteiger partial charge in [-0.3, -0.25) is 0 Å². The zero-order valence-electron chi connectivity index (χ0n) is 8.38. The minimum Gasteiger partial charge on any atom is -0.0979 e. The molecule has 0 saturated carbocycles. The standard InChI is InChI=1S/C12H14S2/c1-3-9-6-5-7-10-8-13-14-11(4-2)12(9)10/h3-4,7H,2,5-6,8H2,1H3/b9-3-. The van der Waals surface area contributed by atoms with Crippen molar-refractivity contribution in [3.05, 3.63) is 46.4 Å². The molecule has 0 atom stereocenters. The van der Waals surface area contributed by atoms with Crippen molar-refractivity contribution in [3.63, 3.8) is 0 Å². The van der Waals surface area contributed by atoms with Gasteiger partial charge in [0.05, 0.1) is 0 Å². The topological polar surface area (TPSA) is 0 Å². The Morgan fingerprint density at radius 3 is 3.07 bits per heavy atom. The van der Waals surface area contributed by atoms with Gasteiger partial charge in [0.15, 0.2) is 0 Å². The number of hydrogen-bond donors (Lipinski definition) is 0. The van der Waals surface area contributed by atoms with E-state index < -0.39 is 0 Å². The van der Waals surface area contributed by atoms with Gasteiger partial charge in [0.2, 0.25) is 0 Å². The molecule has 0 amide bonds. The molecule has 0 bridgehead atoms. The molecule has 0 saturated heterocycles. The fourth-order valence-corrected chi connectivity index (χ4v) is 4.29. The van der Waals surface area contributed by atoms with Gasteiger partial charge >= 0.3 is 0 Å². The lowest BCUT2D eigenvalue weighted by molar-refractivity contribution is 0.940. The van der Waals surface area contributed by atoms with Crippen molar-refractivity contribution < 1.29 is 0 Å². The number of hydrogen-bond acceptors (Lipinski definition) is 2. The molecule has 0 aromatic rings. The summed E-state index contributed by atoms with van der Waals surface area (Å²) in [6.45, 7) is 6.03. The summed E-state index contributed by atoms with van der Waals surface area (Å²) >= 11 is 0. The van der Waals surface area contributed by atoms with E-state index in [4.69, 9.17) is 0 Å². The summed E-state index contributed by atoms with van der Waals surface area (Å²) < 4.78 is 0. The highest BCUT2D eigenvalue weighted by Gasteiger charge is 2.22. The molecule has 0 radical (unpaired) electrons. The molecular formula is C12H14S2. The SMILES string of the molecule is C=CC1=C2C(=CCC/C2=C/C)CSS1. The van der Waals surface area contributed by atoms with Gasteiger partial charge in [-0.05, 0) is 36.5 Å². The lowest BCUT2D eigenvalue weighted by Gasteiger charge is -2.26. The summed E-state index contributed by atoms with van der Waals surface area (Å²) in [5.74, 6) is 1.15. The van der Waals surface area contributed by atoms with E-state index in [0.717, 1.165) is 5.75 Å². The van der Waals surface area contributed by atoms with Crippen LogP contribution in [0.25, 0.3) is 0 Å². The van der Waals surface area contributed by atoms with E-state index >= 15 is 0 Å². The van der Waals surface area contributed by atoms with Gasteiger partial charge in [-0.1, -0.05) is 46.4 Å². The van der Waals surface area contributed by atoms with Gasteiger partial charge in [-0.15, -0.1) is 0 Å². The molecule has 1 heterocycles. The van der Waals surface area contributed by atoms with Gasteiger partial charge in [-0.25, -0.2) is 0 Å². The first-order chi connectivity index (χ1) is 6.86. The zero-order valence-corrected chi connectivity index (χ0v) is 10.0. The van der Waals surface area contributed by atoms with Crippen molar-refractivity contribution in [3.8, 4) is 0 Å². The molecular weight excluding hydrogens is 208 g/mol. The predicted molar refractivity (Wildman–Crippen MR) is 68.3 cm³/mol. The maximum Gasteiger partial charge on any atom is 0.0295 e. The van der Waals surface area contributed by atoms with E-state index in [1.165, 1.54) is 34.5 Å². The highest BCUT2D eigenvalue weighted by Crippen LogP contribution is 2.47. The van der Waals surface area contributed by atoms with Crippen molar-refractivity contribution in [1.29, 1.82) is 0 Å². The summed E-state index contributed by atoms with van der Waals surface area (Å²) in [6.07, 6.45) is 9.03. The van der Waals surface area contributed by atoms with Gasteiger partial charge in [0.25, 0.3) is 0 Å². The van der Waals surface area contributed by atoms with Crippen LogP contribution in [0.2, 0.25) is 0 Å². The van der Waals surface area contributed by atoms with Crippen LogP contribution in [-0.4, -0.2) is 5.75 Å². The van der Waals surface area contributed by atoms with Crippen molar-refractivity contribution in [2.24, 2.45) is 0 Å². The first-order valence-electron chi connectivity index (χ1n) is 4.88. The molecule has 1 aliphatic heterocycles. The number of rotatable bonds is 1. The summed E-state index contributed by atoms with van der Waals surface area (Å²) in [4.78, 5) is 1.35. The average molecular weight is 222 g/mol. The molecule has 0 aromatic heterocycles. The average Bonchev–Trinajstić information content (AvgIpc) is 2.27. The Morgan fingerprint density at radius 2 is 2.36 bits per heavy atom. The molecule has 74 valence electrons. The maximum atomic E-state index is 3.90. The molecule has 0 unspecified atom stereocenters. The summed E-state index contributed by atoms with van der Waals surface area (Å²) in [7, 11) is 3.78. The first kappa shape index (κ1) is 10.2. The molecule has 14 heavy (non-hydrogen) atoms.